The maximum absolute atomic E-state index is 12.4. The summed E-state index contributed by atoms with van der Waals surface area (Å²) in [6.45, 7) is 0. The van der Waals surface area contributed by atoms with E-state index in [1.54, 1.807) is 0 Å². The van der Waals surface area contributed by atoms with Crippen molar-refractivity contribution >= 4 is 11.9 Å². The SMILES string of the molecule is COc1cc(C(=O)N[C@H](Cc2ccc(-c3ccccc3)cc2)C[C@@H](O)C(=O)O)on1. The molecule has 2 aromatic carbocycles. The van der Waals surface area contributed by atoms with Gasteiger partial charge in [-0.25, -0.2) is 4.79 Å². The topological polar surface area (TPSA) is 122 Å². The van der Waals surface area contributed by atoms with E-state index < -0.39 is 24.0 Å². The van der Waals surface area contributed by atoms with Gasteiger partial charge in [0.1, 0.15) is 0 Å². The van der Waals surface area contributed by atoms with Crippen LogP contribution in [-0.2, 0) is 11.2 Å². The molecule has 0 aliphatic heterocycles. The van der Waals surface area contributed by atoms with E-state index in [-0.39, 0.29) is 18.1 Å². The van der Waals surface area contributed by atoms with E-state index in [0.717, 1.165) is 16.7 Å². The molecule has 1 aromatic heterocycles. The number of aliphatic hydroxyl groups is 1. The summed E-state index contributed by atoms with van der Waals surface area (Å²) >= 11 is 0. The first-order valence-corrected chi connectivity index (χ1v) is 9.33. The summed E-state index contributed by atoms with van der Waals surface area (Å²) in [6.07, 6.45) is -1.44. The van der Waals surface area contributed by atoms with Crippen LogP contribution >= 0.6 is 0 Å². The zero-order valence-electron chi connectivity index (χ0n) is 16.3. The number of aliphatic carboxylic acids is 1. The fourth-order valence-corrected chi connectivity index (χ4v) is 3.03. The molecule has 2 atom stereocenters. The standard InChI is InChI=1S/C22H22N2O6/c1-29-20-13-19(30-24-20)21(26)23-17(12-18(25)22(27)28)11-14-7-9-16(10-8-14)15-5-3-2-4-6-15/h2-10,13,17-18,25H,11-12H2,1H3,(H,23,26)(H,27,28)/t17-,18-/m1/s1. The Morgan fingerprint density at radius 1 is 1.10 bits per heavy atom. The second-order valence-electron chi connectivity index (χ2n) is 6.76. The Kier molecular flexibility index (Phi) is 6.82. The van der Waals surface area contributed by atoms with Crippen molar-refractivity contribution in [1.82, 2.24) is 10.5 Å². The molecular formula is C22H22N2O6. The van der Waals surface area contributed by atoms with Crippen LogP contribution in [0.1, 0.15) is 22.5 Å². The number of aromatic nitrogens is 1. The number of nitrogens with one attached hydrogen (secondary N) is 1. The number of rotatable bonds is 9. The lowest BCUT2D eigenvalue weighted by Gasteiger charge is -2.20. The number of carbonyl (C=O) groups excluding carboxylic acids is 1. The van der Waals surface area contributed by atoms with Gasteiger partial charge < -0.3 is 24.8 Å². The molecule has 3 rings (SSSR count). The van der Waals surface area contributed by atoms with Crippen molar-refractivity contribution in [2.45, 2.75) is 25.0 Å². The van der Waals surface area contributed by atoms with Gasteiger partial charge in [-0.2, -0.15) is 0 Å². The molecule has 8 nitrogen and oxygen atoms in total. The largest absolute Gasteiger partial charge is 0.479 e. The van der Waals surface area contributed by atoms with Gasteiger partial charge in [0.2, 0.25) is 5.76 Å². The molecule has 8 heteroatoms. The lowest BCUT2D eigenvalue weighted by Crippen LogP contribution is -2.40. The van der Waals surface area contributed by atoms with E-state index in [4.69, 9.17) is 14.4 Å². The molecule has 0 unspecified atom stereocenters. The highest BCUT2D eigenvalue weighted by atomic mass is 16.5. The van der Waals surface area contributed by atoms with Gasteiger partial charge in [-0.3, -0.25) is 4.79 Å². The predicted molar refractivity (Wildman–Crippen MR) is 108 cm³/mol. The van der Waals surface area contributed by atoms with E-state index in [9.17, 15) is 14.7 Å². The number of aliphatic hydroxyl groups excluding tert-OH is 1. The van der Waals surface area contributed by atoms with Crippen molar-refractivity contribution in [2.75, 3.05) is 7.11 Å². The molecule has 30 heavy (non-hydrogen) atoms. The normalized spacial score (nSPS) is 12.7. The van der Waals surface area contributed by atoms with Crippen LogP contribution in [0.4, 0.5) is 0 Å². The molecule has 0 fully saturated rings. The number of methoxy groups -OCH3 is 1. The number of hydrogen-bond acceptors (Lipinski definition) is 6. The van der Waals surface area contributed by atoms with Crippen molar-refractivity contribution < 1.29 is 29.1 Å². The lowest BCUT2D eigenvalue weighted by atomic mass is 9.97. The number of carboxylic acids is 1. The Balaban J connectivity index is 1.73. The molecule has 0 aliphatic rings. The maximum atomic E-state index is 12.4. The number of nitrogens with zero attached hydrogens (tertiary/aromatic N) is 1. The van der Waals surface area contributed by atoms with Crippen molar-refractivity contribution in [2.24, 2.45) is 0 Å². The minimum absolute atomic E-state index is 0.0684. The molecular weight excluding hydrogens is 388 g/mol. The molecule has 0 spiro atoms. The molecule has 1 amide bonds. The van der Waals surface area contributed by atoms with Crippen LogP contribution in [-0.4, -0.2) is 46.5 Å². The predicted octanol–water partition coefficient (Wildman–Crippen LogP) is 2.53. The monoisotopic (exact) mass is 410 g/mol. The van der Waals surface area contributed by atoms with Gasteiger partial charge in [0.25, 0.3) is 11.8 Å². The third-order valence-corrected chi connectivity index (χ3v) is 4.59. The smallest absolute Gasteiger partial charge is 0.332 e. The van der Waals surface area contributed by atoms with Crippen LogP contribution in [0, 0.1) is 0 Å². The first-order chi connectivity index (χ1) is 14.5. The highest BCUT2D eigenvalue weighted by Crippen LogP contribution is 2.20. The molecule has 0 aliphatic carbocycles. The number of hydrogen-bond donors (Lipinski definition) is 3. The van der Waals surface area contributed by atoms with Gasteiger partial charge >= 0.3 is 5.97 Å². The van der Waals surface area contributed by atoms with Crippen LogP contribution in [0.25, 0.3) is 11.1 Å². The van der Waals surface area contributed by atoms with Gasteiger partial charge in [-0.1, -0.05) is 54.6 Å². The third-order valence-electron chi connectivity index (χ3n) is 4.59. The summed E-state index contributed by atoms with van der Waals surface area (Å²) in [4.78, 5) is 23.5. The Hall–Kier alpha value is -3.65. The summed E-state index contributed by atoms with van der Waals surface area (Å²) in [5.74, 6) is -1.84. The van der Waals surface area contributed by atoms with Crippen LogP contribution in [0.15, 0.2) is 65.2 Å². The van der Waals surface area contributed by atoms with E-state index in [0.29, 0.717) is 6.42 Å². The highest BCUT2D eigenvalue weighted by Gasteiger charge is 2.24. The minimum Gasteiger partial charge on any atom is -0.479 e. The van der Waals surface area contributed by atoms with E-state index in [1.165, 1.54) is 13.2 Å². The Morgan fingerprint density at radius 3 is 2.37 bits per heavy atom. The number of carbonyl (C=O) groups is 2. The molecule has 0 saturated heterocycles. The quantitative estimate of drug-likeness (QED) is 0.495. The van der Waals surface area contributed by atoms with E-state index in [1.807, 2.05) is 54.6 Å². The Labute approximate surface area is 173 Å². The van der Waals surface area contributed by atoms with E-state index >= 15 is 0 Å². The summed E-state index contributed by atoms with van der Waals surface area (Å²) in [6, 6.07) is 18.3. The fourth-order valence-electron chi connectivity index (χ4n) is 3.03. The summed E-state index contributed by atoms with van der Waals surface area (Å²) in [7, 11) is 1.39. The second kappa shape index (κ2) is 9.71. The number of benzene rings is 2. The third kappa shape index (κ3) is 5.45. The molecule has 0 radical (unpaired) electrons. The minimum atomic E-state index is -1.61. The lowest BCUT2D eigenvalue weighted by molar-refractivity contribution is -0.147. The van der Waals surface area contributed by atoms with Crippen molar-refractivity contribution in [1.29, 1.82) is 0 Å². The van der Waals surface area contributed by atoms with Gasteiger partial charge in [0.05, 0.1) is 13.2 Å². The average molecular weight is 410 g/mol. The first kappa shape index (κ1) is 21.1. The van der Waals surface area contributed by atoms with Crippen LogP contribution in [0.2, 0.25) is 0 Å². The Bertz CT molecular complexity index is 984. The fraction of sp³-hybridized carbons (Fsp3) is 0.227. The summed E-state index contributed by atoms with van der Waals surface area (Å²) < 4.78 is 9.81. The molecule has 156 valence electrons. The number of amides is 1. The first-order valence-electron chi connectivity index (χ1n) is 9.33. The van der Waals surface area contributed by atoms with Gasteiger partial charge in [-0.15, -0.1) is 0 Å². The second-order valence-corrected chi connectivity index (χ2v) is 6.76. The van der Waals surface area contributed by atoms with E-state index in [2.05, 4.69) is 10.5 Å². The van der Waals surface area contributed by atoms with Gasteiger partial charge in [0, 0.05) is 12.5 Å². The number of carboxylic acid groups (broad SMARTS) is 1. The Morgan fingerprint density at radius 2 is 1.77 bits per heavy atom. The van der Waals surface area contributed by atoms with Crippen molar-refractivity contribution in [3.05, 3.63) is 72.0 Å². The summed E-state index contributed by atoms with van der Waals surface area (Å²) in [5, 5.41) is 25.1. The summed E-state index contributed by atoms with van der Waals surface area (Å²) in [5.41, 5.74) is 3.00. The van der Waals surface area contributed by atoms with Crippen LogP contribution < -0.4 is 10.1 Å². The molecule has 3 N–H and O–H groups in total. The van der Waals surface area contributed by atoms with Crippen LogP contribution in [0.5, 0.6) is 5.88 Å². The highest BCUT2D eigenvalue weighted by molar-refractivity contribution is 5.91. The van der Waals surface area contributed by atoms with Crippen LogP contribution in [0.3, 0.4) is 0 Å². The zero-order valence-corrected chi connectivity index (χ0v) is 16.3. The molecule has 0 bridgehead atoms. The molecule has 3 aromatic rings. The van der Waals surface area contributed by atoms with Gasteiger partial charge in [-0.05, 0) is 28.3 Å². The molecule has 1 heterocycles. The van der Waals surface area contributed by atoms with Crippen molar-refractivity contribution in [3.63, 3.8) is 0 Å². The zero-order chi connectivity index (χ0) is 21.5. The molecule has 0 saturated carbocycles. The van der Waals surface area contributed by atoms with Crippen molar-refractivity contribution in [3.8, 4) is 17.0 Å². The maximum Gasteiger partial charge on any atom is 0.332 e. The number of ether oxygens (including phenoxy) is 1. The van der Waals surface area contributed by atoms with Gasteiger partial charge in [0.15, 0.2) is 6.10 Å². The average Bonchev–Trinajstić information content (AvgIpc) is 3.24.